The second-order valence-corrected chi connectivity index (χ2v) is 14.7. The van der Waals surface area contributed by atoms with Crippen LogP contribution in [0.4, 0.5) is 0 Å². The van der Waals surface area contributed by atoms with Crippen LogP contribution in [-0.2, 0) is 9.22 Å². The van der Waals surface area contributed by atoms with Crippen molar-refractivity contribution in [1.82, 2.24) is 0 Å². The van der Waals surface area contributed by atoms with E-state index in [1.54, 1.807) is 0 Å². The molecule has 0 aromatic heterocycles. The standard InChI is InChI=1S/C24H40O2Si/c1-19(13-9-8-10-17-23(2,3)26-27(5,6)7)20-14-11-15-21-22(25)16-12-18-24(20,21)4/h8-10,14,17,19,21H,11-13,15-16,18H2,1-7H3/b9-8+,17-10+/t19-,21+,24-/m1/s1. The number of hydrogen-bond donors (Lipinski definition) is 0. The summed E-state index contributed by atoms with van der Waals surface area (Å²) in [5.74, 6) is 1.27. The number of Topliss-reactive ketones (excluding diaryl/α,β-unsaturated/α-hetero) is 1. The predicted octanol–water partition coefficient (Wildman–Crippen LogP) is 6.85. The summed E-state index contributed by atoms with van der Waals surface area (Å²) in [6.45, 7) is 15.6. The molecule has 0 radical (unpaired) electrons. The highest BCUT2D eigenvalue weighted by molar-refractivity contribution is 6.69. The van der Waals surface area contributed by atoms with Gasteiger partial charge in [-0.2, -0.15) is 0 Å². The van der Waals surface area contributed by atoms with E-state index in [0.29, 0.717) is 11.7 Å². The lowest BCUT2D eigenvalue weighted by Crippen LogP contribution is -2.42. The number of carbonyl (C=O) groups excluding carboxylic acids is 1. The summed E-state index contributed by atoms with van der Waals surface area (Å²) >= 11 is 0. The number of hydrogen-bond acceptors (Lipinski definition) is 2. The van der Waals surface area contributed by atoms with Gasteiger partial charge in [0.05, 0.1) is 5.60 Å². The summed E-state index contributed by atoms with van der Waals surface area (Å²) < 4.78 is 6.21. The summed E-state index contributed by atoms with van der Waals surface area (Å²) in [5.41, 5.74) is 1.42. The molecule has 2 nitrogen and oxygen atoms in total. The van der Waals surface area contributed by atoms with Crippen LogP contribution in [0.1, 0.15) is 66.2 Å². The van der Waals surface area contributed by atoms with Crippen molar-refractivity contribution in [3.8, 4) is 0 Å². The zero-order valence-electron chi connectivity index (χ0n) is 18.6. The summed E-state index contributed by atoms with van der Waals surface area (Å²) in [6, 6.07) is 0. The van der Waals surface area contributed by atoms with Crippen molar-refractivity contribution < 1.29 is 9.22 Å². The van der Waals surface area contributed by atoms with Gasteiger partial charge in [0, 0.05) is 12.3 Å². The van der Waals surface area contributed by atoms with Gasteiger partial charge in [-0.15, -0.1) is 0 Å². The van der Waals surface area contributed by atoms with E-state index < -0.39 is 8.32 Å². The maximum Gasteiger partial charge on any atom is 0.184 e. The van der Waals surface area contributed by atoms with Crippen LogP contribution in [0.5, 0.6) is 0 Å². The van der Waals surface area contributed by atoms with E-state index in [0.717, 1.165) is 32.1 Å². The van der Waals surface area contributed by atoms with E-state index in [4.69, 9.17) is 4.43 Å². The maximum absolute atomic E-state index is 12.4. The molecule has 2 aliphatic carbocycles. The lowest BCUT2D eigenvalue weighted by molar-refractivity contribution is -0.129. The number of fused-ring (bicyclic) bond motifs is 1. The molecular weight excluding hydrogens is 348 g/mol. The Hall–Kier alpha value is -0.933. The Morgan fingerprint density at radius 1 is 1.33 bits per heavy atom. The SMILES string of the molecule is C[C@H](C/C=C/C=C/C(C)(C)O[Si](C)(C)C)C1=CCC[C@H]2C(=O)CCC[C@]12C. The van der Waals surface area contributed by atoms with Crippen LogP contribution < -0.4 is 0 Å². The minimum Gasteiger partial charge on any atom is -0.409 e. The first kappa shape index (κ1) is 22.4. The number of rotatable bonds is 7. The molecule has 0 aromatic rings. The zero-order chi connectivity index (χ0) is 20.3. The van der Waals surface area contributed by atoms with Crippen molar-refractivity contribution in [3.63, 3.8) is 0 Å². The first-order valence-corrected chi connectivity index (χ1v) is 14.1. The zero-order valence-corrected chi connectivity index (χ0v) is 19.6. The topological polar surface area (TPSA) is 26.3 Å². The third-order valence-electron chi connectivity index (χ3n) is 6.09. The Bertz CT molecular complexity index is 621. The van der Waals surface area contributed by atoms with Crippen molar-refractivity contribution in [2.24, 2.45) is 17.3 Å². The summed E-state index contributed by atoms with van der Waals surface area (Å²) in [4.78, 5) is 12.4. The third-order valence-corrected chi connectivity index (χ3v) is 7.23. The molecule has 0 amide bonds. The molecule has 0 N–H and O–H groups in total. The molecule has 0 saturated heterocycles. The Kier molecular flexibility index (Phi) is 7.13. The van der Waals surface area contributed by atoms with Gasteiger partial charge >= 0.3 is 0 Å². The molecule has 2 rings (SSSR count). The van der Waals surface area contributed by atoms with Crippen LogP contribution in [0.3, 0.4) is 0 Å². The first-order valence-electron chi connectivity index (χ1n) is 10.7. The Morgan fingerprint density at radius 3 is 2.70 bits per heavy atom. The molecular formula is C24H40O2Si. The largest absolute Gasteiger partial charge is 0.409 e. The Balaban J connectivity index is 1.96. The van der Waals surface area contributed by atoms with Crippen molar-refractivity contribution in [3.05, 3.63) is 36.0 Å². The third kappa shape index (κ3) is 6.02. The lowest BCUT2D eigenvalue weighted by Gasteiger charge is -2.47. The normalized spacial score (nSPS) is 28.5. The fraction of sp³-hybridized carbons (Fsp3) is 0.708. The summed E-state index contributed by atoms with van der Waals surface area (Å²) in [5, 5.41) is 0. The average molecular weight is 389 g/mol. The van der Waals surface area contributed by atoms with Gasteiger partial charge in [-0.1, -0.05) is 49.8 Å². The number of allylic oxidation sites excluding steroid dienone is 5. The van der Waals surface area contributed by atoms with Gasteiger partial charge < -0.3 is 4.43 Å². The molecule has 1 saturated carbocycles. The highest BCUT2D eigenvalue weighted by atomic mass is 28.4. The van der Waals surface area contributed by atoms with Crippen LogP contribution in [0.2, 0.25) is 19.6 Å². The monoisotopic (exact) mass is 388 g/mol. The number of ketones is 1. The average Bonchev–Trinajstić information content (AvgIpc) is 2.51. The highest BCUT2D eigenvalue weighted by Gasteiger charge is 2.46. The molecule has 152 valence electrons. The minimum absolute atomic E-state index is 0.101. The van der Waals surface area contributed by atoms with Gasteiger partial charge in [0.1, 0.15) is 5.78 Å². The molecule has 2 aliphatic rings. The summed E-state index contributed by atoms with van der Waals surface area (Å²) in [6.07, 6.45) is 17.3. The van der Waals surface area contributed by atoms with Crippen LogP contribution in [0.25, 0.3) is 0 Å². The van der Waals surface area contributed by atoms with Crippen LogP contribution in [0.15, 0.2) is 36.0 Å². The molecule has 0 spiro atoms. The van der Waals surface area contributed by atoms with Crippen molar-refractivity contribution in [2.45, 2.75) is 91.5 Å². The first-order chi connectivity index (χ1) is 12.4. The molecule has 27 heavy (non-hydrogen) atoms. The highest BCUT2D eigenvalue weighted by Crippen LogP contribution is 2.52. The Labute approximate surface area is 168 Å². The van der Waals surface area contributed by atoms with E-state index in [1.807, 2.05) is 0 Å². The molecule has 3 atom stereocenters. The Morgan fingerprint density at radius 2 is 2.04 bits per heavy atom. The lowest BCUT2D eigenvalue weighted by atomic mass is 9.57. The van der Waals surface area contributed by atoms with Gasteiger partial charge in [0.2, 0.25) is 0 Å². The molecule has 0 bridgehead atoms. The molecule has 0 aliphatic heterocycles. The molecule has 0 heterocycles. The van der Waals surface area contributed by atoms with Crippen molar-refractivity contribution in [2.75, 3.05) is 0 Å². The number of carbonyl (C=O) groups is 1. The van der Waals surface area contributed by atoms with E-state index in [9.17, 15) is 4.79 Å². The van der Waals surface area contributed by atoms with Crippen LogP contribution >= 0.6 is 0 Å². The van der Waals surface area contributed by atoms with Crippen LogP contribution in [-0.4, -0.2) is 19.7 Å². The molecule has 1 fully saturated rings. The second kappa shape index (κ2) is 8.61. The molecule has 0 aromatic carbocycles. The van der Waals surface area contributed by atoms with E-state index in [1.165, 1.54) is 12.0 Å². The van der Waals surface area contributed by atoms with E-state index in [2.05, 4.69) is 77.7 Å². The van der Waals surface area contributed by atoms with Gasteiger partial charge in [0.25, 0.3) is 0 Å². The molecule has 0 unspecified atom stereocenters. The fourth-order valence-electron chi connectivity index (χ4n) is 5.16. The van der Waals surface area contributed by atoms with E-state index in [-0.39, 0.29) is 16.9 Å². The second-order valence-electron chi connectivity index (χ2n) is 10.3. The summed E-state index contributed by atoms with van der Waals surface area (Å²) in [7, 11) is -1.54. The predicted molar refractivity (Wildman–Crippen MR) is 118 cm³/mol. The minimum atomic E-state index is -1.54. The quantitative estimate of drug-likeness (QED) is 0.271. The van der Waals surface area contributed by atoms with Crippen molar-refractivity contribution in [1.29, 1.82) is 0 Å². The smallest absolute Gasteiger partial charge is 0.184 e. The van der Waals surface area contributed by atoms with Gasteiger partial charge in [0.15, 0.2) is 8.32 Å². The van der Waals surface area contributed by atoms with E-state index >= 15 is 0 Å². The van der Waals surface area contributed by atoms with Crippen LogP contribution in [0, 0.1) is 17.3 Å². The van der Waals surface area contributed by atoms with Crippen molar-refractivity contribution >= 4 is 14.1 Å². The van der Waals surface area contributed by atoms with Gasteiger partial charge in [-0.25, -0.2) is 0 Å². The maximum atomic E-state index is 12.4. The van der Waals surface area contributed by atoms with Gasteiger partial charge in [-0.05, 0) is 76.9 Å². The fourth-order valence-corrected chi connectivity index (χ4v) is 6.81. The van der Waals surface area contributed by atoms with Gasteiger partial charge in [-0.3, -0.25) is 4.79 Å². The molecule has 3 heteroatoms.